The lowest BCUT2D eigenvalue weighted by atomic mass is 10.2. The lowest BCUT2D eigenvalue weighted by Crippen LogP contribution is -2.46. The molecule has 0 aromatic heterocycles. The van der Waals surface area contributed by atoms with Crippen LogP contribution in [0, 0.1) is 0 Å². The predicted molar refractivity (Wildman–Crippen MR) is 77.0 cm³/mol. The van der Waals surface area contributed by atoms with E-state index >= 15 is 0 Å². The van der Waals surface area contributed by atoms with Crippen molar-refractivity contribution in [2.45, 2.75) is 50.3 Å². The Labute approximate surface area is 117 Å². The summed E-state index contributed by atoms with van der Waals surface area (Å²) in [5.41, 5.74) is 0. The molecule has 0 bridgehead atoms. The summed E-state index contributed by atoms with van der Waals surface area (Å²) in [4.78, 5) is 24.9. The molecule has 1 amide bonds. The molecule has 1 aliphatic rings. The molecule has 1 aliphatic heterocycles. The van der Waals surface area contributed by atoms with E-state index in [0.717, 1.165) is 6.42 Å². The molecule has 4 nitrogen and oxygen atoms in total. The first kappa shape index (κ1) is 15.7. The van der Waals surface area contributed by atoms with E-state index < -0.39 is 12.0 Å². The van der Waals surface area contributed by atoms with Gasteiger partial charge in [0, 0.05) is 10.5 Å². The zero-order valence-electron chi connectivity index (χ0n) is 11.3. The van der Waals surface area contributed by atoms with Crippen molar-refractivity contribution in [1.82, 2.24) is 4.90 Å². The first-order valence-electron chi connectivity index (χ1n) is 6.05. The Hall–Kier alpha value is -0.360. The second kappa shape index (κ2) is 6.19. The van der Waals surface area contributed by atoms with Crippen LogP contribution in [0.2, 0.25) is 0 Å². The molecular formula is C12H21NO3S2. The van der Waals surface area contributed by atoms with Gasteiger partial charge in [-0.2, -0.15) is 0 Å². The number of hydrogen-bond acceptors (Lipinski definition) is 4. The molecule has 0 aliphatic carbocycles. The normalized spacial score (nSPS) is 24.3. The van der Waals surface area contributed by atoms with E-state index in [-0.39, 0.29) is 16.0 Å². The number of amides is 1. The van der Waals surface area contributed by atoms with E-state index in [0.29, 0.717) is 11.5 Å². The molecule has 0 aromatic carbocycles. The van der Waals surface area contributed by atoms with Gasteiger partial charge in [0.25, 0.3) is 0 Å². The third-order valence-electron chi connectivity index (χ3n) is 2.64. The van der Waals surface area contributed by atoms with Gasteiger partial charge in [-0.15, -0.1) is 23.5 Å². The average molecular weight is 291 g/mol. The molecule has 1 fully saturated rings. The van der Waals surface area contributed by atoms with Gasteiger partial charge in [-0.3, -0.25) is 4.79 Å². The van der Waals surface area contributed by atoms with E-state index in [1.165, 1.54) is 0 Å². The fourth-order valence-corrected chi connectivity index (χ4v) is 3.83. The molecule has 1 heterocycles. The van der Waals surface area contributed by atoms with Crippen molar-refractivity contribution in [3.63, 3.8) is 0 Å². The highest BCUT2D eigenvalue weighted by molar-refractivity contribution is 8.01. The fourth-order valence-electron chi connectivity index (χ4n) is 1.76. The second-order valence-electron chi connectivity index (χ2n) is 5.25. The van der Waals surface area contributed by atoms with Crippen LogP contribution in [0.25, 0.3) is 0 Å². The van der Waals surface area contributed by atoms with Crippen molar-refractivity contribution >= 4 is 35.4 Å². The first-order chi connectivity index (χ1) is 8.26. The quantitative estimate of drug-likeness (QED) is 0.861. The number of thioether (sulfide) groups is 2. The Balaban J connectivity index is 2.69. The van der Waals surface area contributed by atoms with E-state index in [1.807, 2.05) is 6.92 Å². The monoisotopic (exact) mass is 291 g/mol. The molecule has 2 unspecified atom stereocenters. The van der Waals surface area contributed by atoms with Crippen LogP contribution in [-0.4, -0.2) is 49.6 Å². The van der Waals surface area contributed by atoms with Crippen molar-refractivity contribution in [1.29, 1.82) is 0 Å². The molecule has 18 heavy (non-hydrogen) atoms. The Morgan fingerprint density at radius 1 is 1.44 bits per heavy atom. The van der Waals surface area contributed by atoms with Gasteiger partial charge in [-0.25, -0.2) is 4.79 Å². The van der Waals surface area contributed by atoms with Crippen molar-refractivity contribution in [3.05, 3.63) is 0 Å². The highest BCUT2D eigenvalue weighted by Crippen LogP contribution is 2.33. The van der Waals surface area contributed by atoms with E-state index in [9.17, 15) is 9.59 Å². The smallest absolute Gasteiger partial charge is 0.327 e. The van der Waals surface area contributed by atoms with Gasteiger partial charge in [0.15, 0.2) is 0 Å². The number of carboxylic acid groups (broad SMARTS) is 1. The summed E-state index contributed by atoms with van der Waals surface area (Å²) in [6.45, 7) is 8.14. The van der Waals surface area contributed by atoms with Gasteiger partial charge in [0.1, 0.15) is 6.04 Å². The van der Waals surface area contributed by atoms with E-state index in [2.05, 4.69) is 20.8 Å². The van der Waals surface area contributed by atoms with E-state index in [4.69, 9.17) is 5.11 Å². The number of rotatable bonds is 4. The molecule has 0 radical (unpaired) electrons. The topological polar surface area (TPSA) is 57.6 Å². The fraction of sp³-hybridized carbons (Fsp3) is 0.833. The number of nitrogens with zero attached hydrogens (tertiary/aromatic N) is 1. The minimum absolute atomic E-state index is 0.0131. The van der Waals surface area contributed by atoms with Crippen LogP contribution >= 0.6 is 23.5 Å². The summed E-state index contributed by atoms with van der Waals surface area (Å²) < 4.78 is 0.0168. The second-order valence-corrected chi connectivity index (χ2v) is 8.27. The van der Waals surface area contributed by atoms with Gasteiger partial charge in [0.2, 0.25) is 5.91 Å². The first-order valence-corrected chi connectivity index (χ1v) is 8.09. The number of carboxylic acids is 1. The largest absolute Gasteiger partial charge is 0.480 e. The Kier molecular flexibility index (Phi) is 5.40. The number of carbonyl (C=O) groups is 2. The van der Waals surface area contributed by atoms with Crippen LogP contribution in [0.3, 0.4) is 0 Å². The van der Waals surface area contributed by atoms with Gasteiger partial charge >= 0.3 is 5.97 Å². The zero-order chi connectivity index (χ0) is 13.9. The lowest BCUT2D eigenvalue weighted by molar-refractivity contribution is -0.148. The van der Waals surface area contributed by atoms with Crippen molar-refractivity contribution in [3.8, 4) is 0 Å². The Morgan fingerprint density at radius 3 is 2.50 bits per heavy atom. The summed E-state index contributed by atoms with van der Waals surface area (Å²) >= 11 is 3.12. The molecule has 6 heteroatoms. The van der Waals surface area contributed by atoms with Crippen molar-refractivity contribution in [2.75, 3.05) is 11.5 Å². The lowest BCUT2D eigenvalue weighted by Gasteiger charge is -2.28. The molecule has 2 atom stereocenters. The summed E-state index contributed by atoms with van der Waals surface area (Å²) in [7, 11) is 0. The molecule has 0 aromatic rings. The molecule has 1 rings (SSSR count). The molecule has 104 valence electrons. The molecule has 0 saturated carbocycles. The van der Waals surface area contributed by atoms with Crippen LogP contribution in [0.5, 0.6) is 0 Å². The van der Waals surface area contributed by atoms with Crippen LogP contribution in [0.1, 0.15) is 34.1 Å². The standard InChI is InChI=1S/C12H21NO3S2/c1-5-10-13(8(6-17-10)11(15)16)9(14)7-18-12(2,3)4/h8,10H,5-7H2,1-4H3,(H,15,16). The Morgan fingerprint density at radius 2 is 2.06 bits per heavy atom. The number of aliphatic carboxylic acids is 1. The predicted octanol–water partition coefficient (Wildman–Crippen LogP) is 2.28. The highest BCUT2D eigenvalue weighted by atomic mass is 32.2. The maximum absolute atomic E-state index is 12.2. The summed E-state index contributed by atoms with van der Waals surface area (Å²) in [5, 5.41) is 9.17. The SMILES string of the molecule is CCC1SCC(C(=O)O)N1C(=O)CSC(C)(C)C. The third kappa shape index (κ3) is 4.09. The molecule has 0 spiro atoms. The third-order valence-corrected chi connectivity index (χ3v) is 5.35. The maximum Gasteiger partial charge on any atom is 0.327 e. The highest BCUT2D eigenvalue weighted by Gasteiger charge is 2.40. The average Bonchev–Trinajstić information content (AvgIpc) is 2.68. The Bertz CT molecular complexity index is 328. The van der Waals surface area contributed by atoms with Crippen LogP contribution < -0.4 is 0 Å². The van der Waals surface area contributed by atoms with Gasteiger partial charge in [0.05, 0.1) is 11.1 Å². The number of hydrogen-bond donors (Lipinski definition) is 1. The zero-order valence-corrected chi connectivity index (χ0v) is 12.9. The molecule has 1 saturated heterocycles. The summed E-state index contributed by atoms with van der Waals surface area (Å²) in [6, 6.07) is -0.659. The van der Waals surface area contributed by atoms with Crippen LogP contribution in [0.15, 0.2) is 0 Å². The van der Waals surface area contributed by atoms with E-state index in [1.54, 1.807) is 28.4 Å². The van der Waals surface area contributed by atoms with Gasteiger partial charge < -0.3 is 10.0 Å². The van der Waals surface area contributed by atoms with Crippen LogP contribution in [0.4, 0.5) is 0 Å². The molecular weight excluding hydrogens is 270 g/mol. The summed E-state index contributed by atoms with van der Waals surface area (Å²) in [6.07, 6.45) is 0.792. The minimum Gasteiger partial charge on any atom is -0.480 e. The van der Waals surface area contributed by atoms with Gasteiger partial charge in [-0.1, -0.05) is 27.7 Å². The van der Waals surface area contributed by atoms with Crippen molar-refractivity contribution < 1.29 is 14.7 Å². The molecule has 1 N–H and O–H groups in total. The van der Waals surface area contributed by atoms with Crippen molar-refractivity contribution in [2.24, 2.45) is 0 Å². The summed E-state index contributed by atoms with van der Waals surface area (Å²) in [5.74, 6) is -0.101. The van der Waals surface area contributed by atoms with Gasteiger partial charge in [-0.05, 0) is 6.42 Å². The minimum atomic E-state index is -0.896. The maximum atomic E-state index is 12.2. The van der Waals surface area contributed by atoms with Crippen LogP contribution in [-0.2, 0) is 9.59 Å². The number of carbonyl (C=O) groups excluding carboxylic acids is 1.